The molecule has 4 N–H and O–H groups in total. The Kier molecular flexibility index (Phi) is 20.5. The van der Waals surface area contributed by atoms with Gasteiger partial charge in [-0.15, -0.1) is 0 Å². The molecule has 0 aliphatic rings. The average molecular weight is 422 g/mol. The predicted molar refractivity (Wildman–Crippen MR) is 109 cm³/mol. The van der Waals surface area contributed by atoms with E-state index >= 15 is 0 Å². The third-order valence-corrected chi connectivity index (χ3v) is 3.64. The average Bonchev–Trinajstić information content (AvgIpc) is 2.71. The summed E-state index contributed by atoms with van der Waals surface area (Å²) in [5.41, 5.74) is 0. The van der Waals surface area contributed by atoms with Crippen molar-refractivity contribution in [1.82, 2.24) is 16.0 Å². The molecule has 0 aromatic heterocycles. The van der Waals surface area contributed by atoms with Gasteiger partial charge in [-0.05, 0) is 12.8 Å². The van der Waals surface area contributed by atoms with Crippen LogP contribution in [0.25, 0.3) is 0 Å². The molecular weight excluding hydrogens is 382 g/mol. The van der Waals surface area contributed by atoms with E-state index < -0.39 is 6.23 Å². The zero-order valence-electron chi connectivity index (χ0n) is 17.9. The van der Waals surface area contributed by atoms with E-state index in [0.29, 0.717) is 65.7 Å². The number of aliphatic hydroxyl groups excluding tert-OH is 1. The molecule has 0 aliphatic heterocycles. The normalized spacial score (nSPS) is 12.0. The van der Waals surface area contributed by atoms with Crippen molar-refractivity contribution in [3.05, 3.63) is 0 Å². The lowest BCUT2D eigenvalue weighted by molar-refractivity contribution is -0.127. The first-order valence-corrected chi connectivity index (χ1v) is 10.4. The van der Waals surface area contributed by atoms with E-state index in [1.165, 1.54) is 0 Å². The summed E-state index contributed by atoms with van der Waals surface area (Å²) >= 11 is 0. The van der Waals surface area contributed by atoms with Gasteiger partial charge in [-0.1, -0.05) is 20.3 Å². The Bertz CT molecular complexity index is 400. The minimum atomic E-state index is -0.503. The molecule has 10 nitrogen and oxygen atoms in total. The molecule has 29 heavy (non-hydrogen) atoms. The van der Waals surface area contributed by atoms with Gasteiger partial charge < -0.3 is 34.7 Å². The van der Waals surface area contributed by atoms with Gasteiger partial charge in [0, 0.05) is 19.6 Å². The topological polar surface area (TPSA) is 127 Å². The van der Waals surface area contributed by atoms with Crippen LogP contribution in [0.4, 0.5) is 0 Å². The third kappa shape index (κ3) is 21.2. The Balaban J connectivity index is 3.27. The van der Waals surface area contributed by atoms with Crippen LogP contribution in [-0.4, -0.2) is 95.6 Å². The molecule has 1 unspecified atom stereocenters. The molecule has 0 aliphatic carbocycles. The lowest BCUT2D eigenvalue weighted by Crippen LogP contribution is -2.32. The van der Waals surface area contributed by atoms with Crippen LogP contribution in [0.1, 0.15) is 33.1 Å². The fraction of sp³-hybridized carbons (Fsp3) is 0.895. The molecule has 0 rings (SSSR count). The minimum Gasteiger partial charge on any atom is -0.379 e. The number of carbonyl (C=O) groups is 2. The molecule has 0 saturated heterocycles. The van der Waals surface area contributed by atoms with Crippen molar-refractivity contribution < 1.29 is 33.6 Å². The summed E-state index contributed by atoms with van der Waals surface area (Å²) in [6, 6.07) is 0. The summed E-state index contributed by atoms with van der Waals surface area (Å²) in [4.78, 5) is 22.9. The highest BCUT2D eigenvalue weighted by Gasteiger charge is 2.02. The van der Waals surface area contributed by atoms with Gasteiger partial charge in [0.25, 0.3) is 0 Å². The summed E-state index contributed by atoms with van der Waals surface area (Å²) in [5, 5.41) is 17.6. The molecular formula is C19H39N3O7. The van der Waals surface area contributed by atoms with Gasteiger partial charge in [0.15, 0.2) is 0 Å². The Morgan fingerprint density at radius 1 is 0.759 bits per heavy atom. The zero-order chi connectivity index (χ0) is 21.6. The number of amides is 2. The molecule has 0 aromatic rings. The standard InChI is InChI=1S/C19H39N3O7/c1-3-5-6-20-18(24)15-28-13-12-27-10-8-22-19(25)16-29-14-11-26-9-7-21-17(23)4-2/h17,21,23H,3-16H2,1-2H3,(H,20,24)(H,22,25). The maximum absolute atomic E-state index is 11.6. The number of nitrogens with one attached hydrogen (secondary N) is 3. The van der Waals surface area contributed by atoms with Crippen molar-refractivity contribution in [3.8, 4) is 0 Å². The van der Waals surface area contributed by atoms with Crippen molar-refractivity contribution >= 4 is 11.8 Å². The third-order valence-electron chi connectivity index (χ3n) is 3.64. The van der Waals surface area contributed by atoms with Gasteiger partial charge in [-0.25, -0.2) is 0 Å². The summed E-state index contributed by atoms with van der Waals surface area (Å²) in [5.74, 6) is -0.343. The van der Waals surface area contributed by atoms with E-state index in [0.717, 1.165) is 12.8 Å². The second-order valence-electron chi connectivity index (χ2n) is 6.26. The number of rotatable bonds is 21. The predicted octanol–water partition coefficient (Wildman–Crippen LogP) is -0.597. The molecule has 0 bridgehead atoms. The van der Waals surface area contributed by atoms with Gasteiger partial charge in [0.1, 0.15) is 19.4 Å². The first-order valence-electron chi connectivity index (χ1n) is 10.4. The van der Waals surface area contributed by atoms with Crippen molar-refractivity contribution in [3.63, 3.8) is 0 Å². The van der Waals surface area contributed by atoms with Crippen LogP contribution < -0.4 is 16.0 Å². The van der Waals surface area contributed by atoms with E-state index in [1.54, 1.807) is 0 Å². The van der Waals surface area contributed by atoms with Crippen LogP contribution in [0.15, 0.2) is 0 Å². The molecule has 1 atom stereocenters. The largest absolute Gasteiger partial charge is 0.379 e. The van der Waals surface area contributed by atoms with Gasteiger partial charge in [0.05, 0.1) is 39.6 Å². The van der Waals surface area contributed by atoms with E-state index in [9.17, 15) is 14.7 Å². The first kappa shape index (κ1) is 27.7. The SMILES string of the molecule is CCCCNC(=O)COCCOCCNC(=O)COCCOCCNC(O)CC. The fourth-order valence-electron chi connectivity index (χ4n) is 1.98. The Morgan fingerprint density at radius 3 is 1.83 bits per heavy atom. The Hall–Kier alpha value is -1.30. The molecule has 0 fully saturated rings. The van der Waals surface area contributed by atoms with Gasteiger partial charge in [0.2, 0.25) is 11.8 Å². The number of hydrogen-bond acceptors (Lipinski definition) is 8. The Labute approximate surface area is 174 Å². The highest BCUT2D eigenvalue weighted by molar-refractivity contribution is 5.77. The summed E-state index contributed by atoms with van der Waals surface area (Å²) < 4.78 is 21.0. The van der Waals surface area contributed by atoms with Crippen molar-refractivity contribution in [2.45, 2.75) is 39.3 Å². The van der Waals surface area contributed by atoms with Crippen LogP contribution >= 0.6 is 0 Å². The number of ether oxygens (including phenoxy) is 4. The molecule has 10 heteroatoms. The highest BCUT2D eigenvalue weighted by atomic mass is 16.5. The number of carbonyl (C=O) groups excluding carboxylic acids is 2. The monoisotopic (exact) mass is 421 g/mol. The quantitative estimate of drug-likeness (QED) is 0.143. The number of aliphatic hydroxyl groups is 1. The van der Waals surface area contributed by atoms with E-state index in [-0.39, 0.29) is 25.0 Å². The van der Waals surface area contributed by atoms with Crippen molar-refractivity contribution in [2.24, 2.45) is 0 Å². The smallest absolute Gasteiger partial charge is 0.246 e. The summed E-state index contributed by atoms with van der Waals surface area (Å²) in [6.45, 7) is 7.77. The van der Waals surface area contributed by atoms with Crippen LogP contribution in [0, 0.1) is 0 Å². The molecule has 2 amide bonds. The number of hydrogen-bond donors (Lipinski definition) is 4. The lowest BCUT2D eigenvalue weighted by Gasteiger charge is -2.10. The first-order chi connectivity index (χ1) is 14.1. The van der Waals surface area contributed by atoms with Gasteiger partial charge >= 0.3 is 0 Å². The molecule has 0 radical (unpaired) electrons. The van der Waals surface area contributed by atoms with Crippen LogP contribution in [-0.2, 0) is 28.5 Å². The maximum atomic E-state index is 11.6. The van der Waals surface area contributed by atoms with Crippen molar-refractivity contribution in [2.75, 3.05) is 72.5 Å². The molecule has 0 saturated carbocycles. The lowest BCUT2D eigenvalue weighted by atomic mass is 10.3. The fourth-order valence-corrected chi connectivity index (χ4v) is 1.98. The molecule has 0 aromatic carbocycles. The minimum absolute atomic E-state index is 0.0298. The molecule has 0 heterocycles. The maximum Gasteiger partial charge on any atom is 0.246 e. The summed E-state index contributed by atoms with van der Waals surface area (Å²) in [7, 11) is 0. The second kappa shape index (κ2) is 21.4. The second-order valence-corrected chi connectivity index (χ2v) is 6.26. The van der Waals surface area contributed by atoms with Gasteiger partial charge in [-0.2, -0.15) is 0 Å². The van der Waals surface area contributed by atoms with Gasteiger partial charge in [-0.3, -0.25) is 14.9 Å². The van der Waals surface area contributed by atoms with E-state index in [2.05, 4.69) is 22.9 Å². The van der Waals surface area contributed by atoms with E-state index in [1.807, 2.05) is 6.92 Å². The Morgan fingerprint density at radius 2 is 1.28 bits per heavy atom. The summed E-state index contributed by atoms with van der Waals surface area (Å²) in [6.07, 6.45) is 2.14. The zero-order valence-corrected chi connectivity index (χ0v) is 17.9. The molecule has 0 spiro atoms. The molecule has 172 valence electrons. The van der Waals surface area contributed by atoms with Crippen LogP contribution in [0.2, 0.25) is 0 Å². The highest BCUT2D eigenvalue weighted by Crippen LogP contribution is 1.85. The van der Waals surface area contributed by atoms with E-state index in [4.69, 9.17) is 18.9 Å². The van der Waals surface area contributed by atoms with Crippen LogP contribution in [0.5, 0.6) is 0 Å². The number of unbranched alkanes of at least 4 members (excludes halogenated alkanes) is 1. The van der Waals surface area contributed by atoms with Crippen LogP contribution in [0.3, 0.4) is 0 Å². The van der Waals surface area contributed by atoms with Crippen molar-refractivity contribution in [1.29, 1.82) is 0 Å².